The fourth-order valence-electron chi connectivity index (χ4n) is 2.09. The van der Waals surface area contributed by atoms with Crippen LogP contribution in [0.1, 0.15) is 5.56 Å². The van der Waals surface area contributed by atoms with Gasteiger partial charge in [-0.2, -0.15) is 0 Å². The summed E-state index contributed by atoms with van der Waals surface area (Å²) >= 11 is 3.36. The topological polar surface area (TPSA) is 58.6 Å². The molecule has 0 saturated heterocycles. The van der Waals surface area contributed by atoms with Gasteiger partial charge in [0.2, 0.25) is 11.8 Å². The highest BCUT2D eigenvalue weighted by Crippen LogP contribution is 2.15. The Morgan fingerprint density at radius 1 is 1.08 bits per heavy atom. The Balaban J connectivity index is 1.85. The summed E-state index contributed by atoms with van der Waals surface area (Å²) < 4.78 is 6.03. The van der Waals surface area contributed by atoms with Crippen LogP contribution in [0.25, 0.3) is 0 Å². The number of likely N-dealkylation sites (N-methyl/N-ethyl adjacent to an activating group) is 1. The quantitative estimate of drug-likeness (QED) is 0.824. The molecule has 2 aromatic carbocycles. The summed E-state index contributed by atoms with van der Waals surface area (Å²) in [7, 11) is 3.20. The van der Waals surface area contributed by atoms with Crippen molar-refractivity contribution in [1.29, 1.82) is 0 Å². The van der Waals surface area contributed by atoms with E-state index in [0.717, 1.165) is 15.8 Å². The van der Waals surface area contributed by atoms with E-state index in [1.165, 1.54) is 4.90 Å². The van der Waals surface area contributed by atoms with E-state index in [1.54, 1.807) is 38.4 Å². The molecule has 126 valence electrons. The van der Waals surface area contributed by atoms with E-state index >= 15 is 0 Å². The van der Waals surface area contributed by atoms with Gasteiger partial charge in [0, 0.05) is 17.2 Å². The van der Waals surface area contributed by atoms with E-state index in [1.807, 2.05) is 24.3 Å². The largest absolute Gasteiger partial charge is 0.497 e. The minimum Gasteiger partial charge on any atom is -0.497 e. The van der Waals surface area contributed by atoms with Crippen molar-refractivity contribution >= 4 is 33.4 Å². The summed E-state index contributed by atoms with van der Waals surface area (Å²) in [4.78, 5) is 25.6. The third-order valence-corrected chi connectivity index (χ3v) is 3.98. The number of hydrogen-bond donors (Lipinski definition) is 1. The zero-order valence-electron chi connectivity index (χ0n) is 13.6. The lowest BCUT2D eigenvalue weighted by Gasteiger charge is -2.17. The molecule has 0 saturated carbocycles. The van der Waals surface area contributed by atoms with Gasteiger partial charge in [-0.25, -0.2) is 0 Å². The van der Waals surface area contributed by atoms with Gasteiger partial charge in [0.1, 0.15) is 5.75 Å². The number of carbonyl (C=O) groups excluding carboxylic acids is 2. The number of benzene rings is 2. The minimum atomic E-state index is -0.244. The van der Waals surface area contributed by atoms with E-state index in [4.69, 9.17) is 4.74 Å². The first-order valence-corrected chi connectivity index (χ1v) is 8.19. The van der Waals surface area contributed by atoms with Gasteiger partial charge in [0.05, 0.1) is 20.1 Å². The monoisotopic (exact) mass is 390 g/mol. The van der Waals surface area contributed by atoms with Gasteiger partial charge < -0.3 is 15.0 Å². The van der Waals surface area contributed by atoms with E-state index in [-0.39, 0.29) is 24.8 Å². The molecule has 24 heavy (non-hydrogen) atoms. The van der Waals surface area contributed by atoms with Crippen LogP contribution in [0.15, 0.2) is 53.0 Å². The second-order valence-corrected chi connectivity index (χ2v) is 6.25. The number of carbonyl (C=O) groups is 2. The zero-order chi connectivity index (χ0) is 17.5. The molecule has 2 aromatic rings. The molecule has 0 spiro atoms. The molecule has 6 heteroatoms. The average Bonchev–Trinajstić information content (AvgIpc) is 2.57. The Morgan fingerprint density at radius 3 is 2.29 bits per heavy atom. The van der Waals surface area contributed by atoms with Crippen molar-refractivity contribution in [3.8, 4) is 5.75 Å². The van der Waals surface area contributed by atoms with Gasteiger partial charge in [-0.1, -0.05) is 28.1 Å². The smallest absolute Gasteiger partial charge is 0.243 e. The third kappa shape index (κ3) is 5.38. The number of anilines is 1. The molecule has 0 radical (unpaired) electrons. The van der Waals surface area contributed by atoms with Crippen molar-refractivity contribution < 1.29 is 14.3 Å². The van der Waals surface area contributed by atoms with Crippen molar-refractivity contribution in [3.05, 3.63) is 58.6 Å². The second-order valence-electron chi connectivity index (χ2n) is 5.33. The fraction of sp³-hybridized carbons (Fsp3) is 0.222. The molecular formula is C18H19BrN2O3. The van der Waals surface area contributed by atoms with Gasteiger partial charge in [-0.05, 0) is 42.0 Å². The maximum absolute atomic E-state index is 12.2. The Kier molecular flexibility index (Phi) is 6.37. The molecule has 0 aliphatic rings. The number of amides is 2. The lowest BCUT2D eigenvalue weighted by molar-refractivity contribution is -0.132. The van der Waals surface area contributed by atoms with E-state index in [2.05, 4.69) is 21.2 Å². The number of nitrogens with zero attached hydrogens (tertiary/aromatic N) is 1. The molecule has 0 fully saturated rings. The normalized spacial score (nSPS) is 10.1. The first kappa shape index (κ1) is 18.0. The van der Waals surface area contributed by atoms with Crippen LogP contribution in [-0.4, -0.2) is 37.4 Å². The summed E-state index contributed by atoms with van der Waals surface area (Å²) in [6.45, 7) is 0.00138. The summed E-state index contributed by atoms with van der Waals surface area (Å²) in [5, 5.41) is 2.76. The van der Waals surface area contributed by atoms with Crippen LogP contribution in [0.4, 0.5) is 5.69 Å². The summed E-state index contributed by atoms with van der Waals surface area (Å²) in [5.41, 5.74) is 1.57. The highest BCUT2D eigenvalue weighted by Gasteiger charge is 2.13. The summed E-state index contributed by atoms with van der Waals surface area (Å²) in [5.74, 6) is 0.365. The van der Waals surface area contributed by atoms with Crippen LogP contribution in [-0.2, 0) is 16.0 Å². The summed E-state index contributed by atoms with van der Waals surface area (Å²) in [6.07, 6.45) is 0.263. The Morgan fingerprint density at radius 2 is 1.71 bits per heavy atom. The van der Waals surface area contributed by atoms with E-state index in [9.17, 15) is 9.59 Å². The van der Waals surface area contributed by atoms with Gasteiger partial charge in [0.15, 0.2) is 0 Å². The van der Waals surface area contributed by atoms with Crippen LogP contribution in [0.2, 0.25) is 0 Å². The van der Waals surface area contributed by atoms with Crippen LogP contribution < -0.4 is 10.1 Å². The number of hydrogen-bond acceptors (Lipinski definition) is 3. The van der Waals surface area contributed by atoms with Crippen molar-refractivity contribution in [2.75, 3.05) is 26.0 Å². The molecule has 2 amide bonds. The number of methoxy groups -OCH3 is 1. The predicted molar refractivity (Wildman–Crippen MR) is 97.1 cm³/mol. The molecule has 0 unspecified atom stereocenters. The van der Waals surface area contributed by atoms with E-state index < -0.39 is 0 Å². The molecule has 2 rings (SSSR count). The highest BCUT2D eigenvalue weighted by atomic mass is 79.9. The Bertz CT molecular complexity index is 699. The van der Waals surface area contributed by atoms with Gasteiger partial charge in [-0.3, -0.25) is 9.59 Å². The molecule has 1 N–H and O–H groups in total. The lowest BCUT2D eigenvalue weighted by atomic mass is 10.1. The van der Waals surface area contributed by atoms with Crippen molar-refractivity contribution in [2.24, 2.45) is 0 Å². The number of halogens is 1. The molecule has 0 aromatic heterocycles. The van der Waals surface area contributed by atoms with Crippen LogP contribution >= 0.6 is 15.9 Å². The highest BCUT2D eigenvalue weighted by molar-refractivity contribution is 9.10. The Hall–Kier alpha value is -2.34. The second kappa shape index (κ2) is 8.49. The van der Waals surface area contributed by atoms with Gasteiger partial charge in [-0.15, -0.1) is 0 Å². The molecule has 0 aliphatic carbocycles. The molecule has 0 heterocycles. The predicted octanol–water partition coefficient (Wildman–Crippen LogP) is 3.10. The van der Waals surface area contributed by atoms with Crippen LogP contribution in [0, 0.1) is 0 Å². The molecule has 5 nitrogen and oxygen atoms in total. The third-order valence-electron chi connectivity index (χ3n) is 3.45. The standard InChI is InChI=1S/C18H19BrN2O3/c1-21(18(23)11-13-3-5-14(19)6-4-13)12-17(22)20-15-7-9-16(24-2)10-8-15/h3-10H,11-12H2,1-2H3,(H,20,22). The number of nitrogens with one attached hydrogen (secondary N) is 1. The SMILES string of the molecule is COc1ccc(NC(=O)CN(C)C(=O)Cc2ccc(Br)cc2)cc1. The lowest BCUT2D eigenvalue weighted by Crippen LogP contribution is -2.35. The van der Waals surface area contributed by atoms with Crippen molar-refractivity contribution in [1.82, 2.24) is 4.90 Å². The van der Waals surface area contributed by atoms with Crippen LogP contribution in [0.3, 0.4) is 0 Å². The maximum atomic E-state index is 12.2. The maximum Gasteiger partial charge on any atom is 0.243 e. The van der Waals surface area contributed by atoms with E-state index in [0.29, 0.717) is 5.69 Å². The first-order valence-electron chi connectivity index (χ1n) is 7.40. The molecule has 0 aliphatic heterocycles. The van der Waals surface area contributed by atoms with Gasteiger partial charge >= 0.3 is 0 Å². The van der Waals surface area contributed by atoms with Crippen LogP contribution in [0.5, 0.6) is 5.75 Å². The summed E-state index contributed by atoms with van der Waals surface area (Å²) in [6, 6.07) is 14.6. The van der Waals surface area contributed by atoms with Gasteiger partial charge in [0.25, 0.3) is 0 Å². The molecule has 0 atom stereocenters. The number of ether oxygens (including phenoxy) is 1. The van der Waals surface area contributed by atoms with Crippen molar-refractivity contribution in [3.63, 3.8) is 0 Å². The molecule has 0 bridgehead atoms. The Labute approximate surface area is 149 Å². The zero-order valence-corrected chi connectivity index (χ0v) is 15.2. The number of rotatable bonds is 6. The average molecular weight is 391 g/mol. The fourth-order valence-corrected chi connectivity index (χ4v) is 2.35. The molecular weight excluding hydrogens is 372 g/mol. The van der Waals surface area contributed by atoms with Crippen molar-refractivity contribution in [2.45, 2.75) is 6.42 Å². The minimum absolute atomic E-state index is 0.00138. The first-order chi connectivity index (χ1) is 11.5.